The smallest absolute Gasteiger partial charge is 0.118 e. The van der Waals surface area contributed by atoms with Crippen LogP contribution in [0.25, 0.3) is 0 Å². The van der Waals surface area contributed by atoms with Crippen LogP contribution < -0.4 is 10.5 Å². The molecule has 2 aromatic rings. The van der Waals surface area contributed by atoms with E-state index in [2.05, 4.69) is 0 Å². The second-order valence-corrected chi connectivity index (χ2v) is 4.12. The molecule has 2 rings (SSSR count). The molecule has 3 N–H and O–H groups in total. The second-order valence-electron chi connectivity index (χ2n) is 4.12. The van der Waals surface area contributed by atoms with E-state index in [1.807, 2.05) is 24.3 Å². The van der Waals surface area contributed by atoms with Gasteiger partial charge < -0.3 is 20.0 Å². The molecule has 0 aliphatic carbocycles. The summed E-state index contributed by atoms with van der Waals surface area (Å²) >= 11 is 0. The summed E-state index contributed by atoms with van der Waals surface area (Å²) in [4.78, 5) is 0. The van der Waals surface area contributed by atoms with Crippen molar-refractivity contribution in [3.63, 3.8) is 0 Å². The molecule has 18 heavy (non-hydrogen) atoms. The normalized spacial score (nSPS) is 14.2. The number of nitrogens with two attached hydrogens (primary N) is 1. The Hall–Kier alpha value is -1.78. The van der Waals surface area contributed by atoms with Gasteiger partial charge in [0, 0.05) is 18.0 Å². The summed E-state index contributed by atoms with van der Waals surface area (Å²) in [6, 6.07) is 9.30. The lowest BCUT2D eigenvalue weighted by molar-refractivity contribution is 0.146. The van der Waals surface area contributed by atoms with Crippen molar-refractivity contribution in [1.29, 1.82) is 0 Å². The molecule has 4 heteroatoms. The topological polar surface area (TPSA) is 68.6 Å². The van der Waals surface area contributed by atoms with E-state index in [1.165, 1.54) is 6.26 Å². The van der Waals surface area contributed by atoms with E-state index < -0.39 is 6.10 Å². The maximum Gasteiger partial charge on any atom is 0.118 e. The van der Waals surface area contributed by atoms with Gasteiger partial charge in [-0.05, 0) is 23.8 Å². The van der Waals surface area contributed by atoms with E-state index in [-0.39, 0.29) is 5.92 Å². The molecule has 0 amide bonds. The minimum absolute atomic E-state index is 0.159. The summed E-state index contributed by atoms with van der Waals surface area (Å²) in [7, 11) is 1.62. The molecule has 1 aromatic carbocycles. The molecule has 2 unspecified atom stereocenters. The van der Waals surface area contributed by atoms with Crippen molar-refractivity contribution in [2.75, 3.05) is 13.7 Å². The molecule has 0 fully saturated rings. The third-order valence-electron chi connectivity index (χ3n) is 3.06. The van der Waals surface area contributed by atoms with Gasteiger partial charge in [0.15, 0.2) is 0 Å². The molecule has 0 bridgehead atoms. The van der Waals surface area contributed by atoms with E-state index in [4.69, 9.17) is 14.9 Å². The number of ether oxygens (including phenoxy) is 1. The van der Waals surface area contributed by atoms with Gasteiger partial charge in [0.1, 0.15) is 5.75 Å². The van der Waals surface area contributed by atoms with Crippen LogP contribution in [0.5, 0.6) is 5.75 Å². The van der Waals surface area contributed by atoms with E-state index in [9.17, 15) is 5.11 Å². The minimum atomic E-state index is -0.665. The summed E-state index contributed by atoms with van der Waals surface area (Å²) in [5.74, 6) is 0.626. The average Bonchev–Trinajstić information content (AvgIpc) is 2.94. The Morgan fingerprint density at radius 3 is 2.44 bits per heavy atom. The van der Waals surface area contributed by atoms with Crippen LogP contribution in [0.1, 0.15) is 23.1 Å². The molecule has 0 spiro atoms. The van der Waals surface area contributed by atoms with Gasteiger partial charge in [0.25, 0.3) is 0 Å². The number of hydrogen-bond donors (Lipinski definition) is 2. The van der Waals surface area contributed by atoms with Crippen LogP contribution in [0.4, 0.5) is 0 Å². The van der Waals surface area contributed by atoms with Crippen molar-refractivity contribution < 1.29 is 14.3 Å². The molecule has 2 atom stereocenters. The van der Waals surface area contributed by atoms with Crippen molar-refractivity contribution in [3.05, 3.63) is 54.0 Å². The van der Waals surface area contributed by atoms with E-state index in [1.54, 1.807) is 19.4 Å². The van der Waals surface area contributed by atoms with Crippen molar-refractivity contribution >= 4 is 0 Å². The molecule has 0 aliphatic rings. The van der Waals surface area contributed by atoms with Gasteiger partial charge in [-0.1, -0.05) is 12.1 Å². The first-order valence-electron chi connectivity index (χ1n) is 5.80. The SMILES string of the molecule is COc1ccc(C(CN)C(O)c2ccoc2)cc1. The Balaban J connectivity index is 2.21. The zero-order valence-electron chi connectivity index (χ0n) is 10.2. The number of rotatable bonds is 5. The number of benzene rings is 1. The highest BCUT2D eigenvalue weighted by molar-refractivity contribution is 5.31. The van der Waals surface area contributed by atoms with Crippen LogP contribution in [-0.2, 0) is 0 Å². The zero-order chi connectivity index (χ0) is 13.0. The first-order valence-corrected chi connectivity index (χ1v) is 5.80. The van der Waals surface area contributed by atoms with Gasteiger partial charge in [-0.3, -0.25) is 0 Å². The predicted molar refractivity (Wildman–Crippen MR) is 68.5 cm³/mol. The first-order chi connectivity index (χ1) is 8.76. The van der Waals surface area contributed by atoms with E-state index >= 15 is 0 Å². The quantitative estimate of drug-likeness (QED) is 0.848. The summed E-state index contributed by atoms with van der Waals surface area (Å²) in [5, 5.41) is 10.3. The van der Waals surface area contributed by atoms with Gasteiger partial charge in [0.05, 0.1) is 25.7 Å². The minimum Gasteiger partial charge on any atom is -0.497 e. The summed E-state index contributed by atoms with van der Waals surface area (Å²) in [6.07, 6.45) is 2.42. The standard InChI is InChI=1S/C14H17NO3/c1-17-12-4-2-10(3-5-12)13(8-15)14(16)11-6-7-18-9-11/h2-7,9,13-14,16H,8,15H2,1H3. The Kier molecular flexibility index (Phi) is 4.02. The second kappa shape index (κ2) is 5.71. The van der Waals surface area contributed by atoms with E-state index in [0.717, 1.165) is 16.9 Å². The lowest BCUT2D eigenvalue weighted by Crippen LogP contribution is -2.19. The summed E-state index contributed by atoms with van der Waals surface area (Å²) < 4.78 is 10.1. The third kappa shape index (κ3) is 2.55. The molecule has 0 aliphatic heterocycles. The van der Waals surface area contributed by atoms with E-state index in [0.29, 0.717) is 6.54 Å². The Bertz CT molecular complexity index is 464. The number of aliphatic hydroxyl groups is 1. The first kappa shape index (κ1) is 12.7. The zero-order valence-corrected chi connectivity index (χ0v) is 10.2. The Labute approximate surface area is 106 Å². The monoisotopic (exact) mass is 247 g/mol. The Morgan fingerprint density at radius 2 is 1.94 bits per heavy atom. The number of furan rings is 1. The summed E-state index contributed by atoms with van der Waals surface area (Å²) in [5.41, 5.74) is 7.48. The van der Waals surface area contributed by atoms with Crippen LogP contribution in [0, 0.1) is 0 Å². The van der Waals surface area contributed by atoms with Gasteiger partial charge in [0.2, 0.25) is 0 Å². The molecule has 1 aromatic heterocycles. The lowest BCUT2D eigenvalue weighted by Gasteiger charge is -2.21. The highest BCUT2D eigenvalue weighted by Crippen LogP contribution is 2.31. The molecule has 96 valence electrons. The van der Waals surface area contributed by atoms with Gasteiger partial charge in [-0.15, -0.1) is 0 Å². The van der Waals surface area contributed by atoms with Crippen LogP contribution in [0.2, 0.25) is 0 Å². The lowest BCUT2D eigenvalue weighted by atomic mass is 9.90. The van der Waals surface area contributed by atoms with Crippen molar-refractivity contribution in [3.8, 4) is 5.75 Å². The maximum atomic E-state index is 10.3. The fourth-order valence-corrected chi connectivity index (χ4v) is 1.97. The summed E-state index contributed by atoms with van der Waals surface area (Å²) in [6.45, 7) is 0.360. The van der Waals surface area contributed by atoms with Gasteiger partial charge in [-0.25, -0.2) is 0 Å². The molecule has 0 saturated heterocycles. The van der Waals surface area contributed by atoms with Crippen LogP contribution in [-0.4, -0.2) is 18.8 Å². The molecule has 1 heterocycles. The highest BCUT2D eigenvalue weighted by atomic mass is 16.5. The molecule has 0 saturated carbocycles. The Morgan fingerprint density at radius 1 is 1.22 bits per heavy atom. The maximum absolute atomic E-state index is 10.3. The van der Waals surface area contributed by atoms with Crippen molar-refractivity contribution in [1.82, 2.24) is 0 Å². The van der Waals surface area contributed by atoms with Crippen molar-refractivity contribution in [2.45, 2.75) is 12.0 Å². The van der Waals surface area contributed by atoms with Crippen LogP contribution in [0.15, 0.2) is 47.3 Å². The number of methoxy groups -OCH3 is 1. The molecule has 0 radical (unpaired) electrons. The number of hydrogen-bond acceptors (Lipinski definition) is 4. The van der Waals surface area contributed by atoms with Crippen molar-refractivity contribution in [2.24, 2.45) is 5.73 Å². The molecular formula is C14H17NO3. The molecule has 4 nitrogen and oxygen atoms in total. The van der Waals surface area contributed by atoms with Crippen LogP contribution in [0.3, 0.4) is 0 Å². The highest BCUT2D eigenvalue weighted by Gasteiger charge is 2.22. The third-order valence-corrected chi connectivity index (χ3v) is 3.06. The largest absolute Gasteiger partial charge is 0.497 e. The fourth-order valence-electron chi connectivity index (χ4n) is 1.97. The average molecular weight is 247 g/mol. The van der Waals surface area contributed by atoms with Gasteiger partial charge in [-0.2, -0.15) is 0 Å². The molecular weight excluding hydrogens is 230 g/mol. The van der Waals surface area contributed by atoms with Crippen LogP contribution >= 0.6 is 0 Å². The number of aliphatic hydroxyl groups excluding tert-OH is 1. The van der Waals surface area contributed by atoms with Gasteiger partial charge >= 0.3 is 0 Å². The fraction of sp³-hybridized carbons (Fsp3) is 0.286. The predicted octanol–water partition coefficient (Wildman–Crippen LogP) is 2.06.